The topological polar surface area (TPSA) is 3.24 Å². The molecular formula is C60H57N. The lowest BCUT2D eigenvalue weighted by Gasteiger charge is -2.32. The van der Waals surface area contributed by atoms with Gasteiger partial charge in [0.25, 0.3) is 0 Å². The van der Waals surface area contributed by atoms with Gasteiger partial charge in [0.15, 0.2) is 0 Å². The summed E-state index contributed by atoms with van der Waals surface area (Å²) in [6.07, 6.45) is 8.62. The first-order valence-corrected chi connectivity index (χ1v) is 21.8. The lowest BCUT2D eigenvalue weighted by molar-refractivity contribution is 0.358. The molecule has 7 aromatic rings. The number of fused-ring (bicyclic) bond motifs is 4. The van der Waals surface area contributed by atoms with E-state index in [1.807, 2.05) is 25.1 Å². The fourth-order valence-corrected chi connectivity index (χ4v) is 10.7. The van der Waals surface area contributed by atoms with Crippen LogP contribution in [0.25, 0.3) is 27.8 Å². The Kier molecular flexibility index (Phi) is 9.99. The molecule has 302 valence electrons. The Morgan fingerprint density at radius 3 is 1.69 bits per heavy atom. The Balaban J connectivity index is 0.000000149. The highest BCUT2D eigenvalue weighted by Gasteiger charge is 2.77. The van der Waals surface area contributed by atoms with Gasteiger partial charge < -0.3 is 4.90 Å². The summed E-state index contributed by atoms with van der Waals surface area (Å²) >= 11 is 0. The third-order valence-corrected chi connectivity index (χ3v) is 14.1. The Hall–Kier alpha value is -6.44. The van der Waals surface area contributed by atoms with E-state index < -0.39 is 0 Å². The number of aryl methyl sites for hydroxylation is 1. The predicted molar refractivity (Wildman–Crippen MR) is 261 cm³/mol. The summed E-state index contributed by atoms with van der Waals surface area (Å²) in [4.78, 5) is 2.36. The van der Waals surface area contributed by atoms with Gasteiger partial charge in [0, 0.05) is 38.7 Å². The molecule has 1 saturated carbocycles. The van der Waals surface area contributed by atoms with Gasteiger partial charge >= 0.3 is 0 Å². The molecule has 11 rings (SSSR count). The van der Waals surface area contributed by atoms with Gasteiger partial charge in [0.1, 0.15) is 0 Å². The van der Waals surface area contributed by atoms with Crippen molar-refractivity contribution in [2.45, 2.75) is 71.1 Å². The first-order chi connectivity index (χ1) is 29.4. The molecule has 0 heterocycles. The third kappa shape index (κ3) is 6.72. The Bertz CT molecular complexity index is 2800. The number of nitrogens with zero attached hydrogens (tertiary/aromatic N) is 1. The maximum Gasteiger partial charge on any atom is 0.0465 e. The number of para-hydroxylation sites is 1. The molecule has 0 N–H and O–H groups in total. The Labute approximate surface area is 364 Å². The second kappa shape index (κ2) is 15.2. The highest BCUT2D eigenvalue weighted by molar-refractivity contribution is 5.86. The summed E-state index contributed by atoms with van der Waals surface area (Å²) < 4.78 is 0. The van der Waals surface area contributed by atoms with Crippen LogP contribution in [-0.2, 0) is 16.2 Å². The van der Waals surface area contributed by atoms with E-state index in [1.165, 1.54) is 62.2 Å². The van der Waals surface area contributed by atoms with Crippen LogP contribution < -0.4 is 4.90 Å². The first-order valence-electron chi connectivity index (χ1n) is 21.8. The van der Waals surface area contributed by atoms with E-state index in [1.54, 1.807) is 11.1 Å². The van der Waals surface area contributed by atoms with Crippen LogP contribution in [0.1, 0.15) is 81.3 Å². The van der Waals surface area contributed by atoms with Crippen molar-refractivity contribution in [3.63, 3.8) is 0 Å². The van der Waals surface area contributed by atoms with Gasteiger partial charge in [0.2, 0.25) is 0 Å². The number of anilines is 3. The third-order valence-electron chi connectivity index (χ3n) is 14.1. The molecule has 61 heavy (non-hydrogen) atoms. The Morgan fingerprint density at radius 2 is 1.05 bits per heavy atom. The lowest BCUT2D eigenvalue weighted by Crippen LogP contribution is -2.29. The largest absolute Gasteiger partial charge is 0.310 e. The highest BCUT2D eigenvalue weighted by Crippen LogP contribution is 2.80. The van der Waals surface area contributed by atoms with Crippen LogP contribution >= 0.6 is 0 Å². The maximum atomic E-state index is 3.83. The van der Waals surface area contributed by atoms with Crippen molar-refractivity contribution < 1.29 is 0 Å². The molecule has 1 fully saturated rings. The van der Waals surface area contributed by atoms with Crippen LogP contribution in [0.5, 0.6) is 0 Å². The predicted octanol–water partition coefficient (Wildman–Crippen LogP) is 16.3. The fourth-order valence-electron chi connectivity index (χ4n) is 10.7. The molecule has 0 aliphatic heterocycles. The van der Waals surface area contributed by atoms with Crippen molar-refractivity contribution >= 4 is 22.6 Å². The van der Waals surface area contributed by atoms with Crippen molar-refractivity contribution in [2.24, 2.45) is 5.41 Å². The summed E-state index contributed by atoms with van der Waals surface area (Å²) in [5.74, 6) is 0. The molecule has 1 nitrogen and oxygen atoms in total. The van der Waals surface area contributed by atoms with Crippen LogP contribution in [0.15, 0.2) is 206 Å². The van der Waals surface area contributed by atoms with Crippen molar-refractivity contribution in [1.29, 1.82) is 0 Å². The number of allylic oxidation sites excluding steroid dienone is 5. The van der Waals surface area contributed by atoms with Gasteiger partial charge in [-0.3, -0.25) is 0 Å². The summed E-state index contributed by atoms with van der Waals surface area (Å²) in [6.45, 7) is 19.7. The molecule has 0 radical (unpaired) electrons. The summed E-state index contributed by atoms with van der Waals surface area (Å²) in [7, 11) is 0. The van der Waals surface area contributed by atoms with Crippen molar-refractivity contribution in [3.8, 4) is 22.3 Å². The molecule has 1 heteroatoms. The summed E-state index contributed by atoms with van der Waals surface area (Å²) in [5, 5.41) is 0. The van der Waals surface area contributed by atoms with Gasteiger partial charge in [0.05, 0.1) is 0 Å². The van der Waals surface area contributed by atoms with E-state index >= 15 is 0 Å². The molecule has 0 aromatic heterocycles. The molecule has 7 aromatic carbocycles. The Morgan fingerprint density at radius 1 is 0.525 bits per heavy atom. The van der Waals surface area contributed by atoms with Crippen LogP contribution in [0.2, 0.25) is 0 Å². The molecule has 4 aliphatic carbocycles. The number of rotatable bonds is 5. The van der Waals surface area contributed by atoms with Gasteiger partial charge in [-0.2, -0.15) is 0 Å². The molecule has 0 spiro atoms. The average Bonchev–Trinajstić information content (AvgIpc) is 3.89. The standard InChI is InChI=1S/C34H29N.C17H18.C9H10/c1-24-13-15-25(16-14-24)26-17-19-28(20-18-26)35(27-9-5-4-6-10-27)29-21-22-31-30-11-7-8-12-32(30)34(2,3)33(31)23-29;1-12-8-9-16-11-17(16,10-12)15(2,3)13-6-4-5-7-14(13)16;1-8(2)9-6-4-3-5-7-9/h4-23H,1-3H3;4-10H,11H2,1-3H3;3-7H,1H2,2H3. The molecule has 0 bridgehead atoms. The van der Waals surface area contributed by atoms with Crippen molar-refractivity contribution in [3.05, 3.63) is 240 Å². The zero-order valence-corrected chi connectivity index (χ0v) is 36.8. The number of hydrogen-bond acceptors (Lipinski definition) is 1. The number of benzene rings is 7. The highest BCUT2D eigenvalue weighted by atomic mass is 15.1. The van der Waals surface area contributed by atoms with Crippen LogP contribution in [0, 0.1) is 12.3 Å². The van der Waals surface area contributed by atoms with Crippen LogP contribution in [0.4, 0.5) is 17.1 Å². The van der Waals surface area contributed by atoms with Gasteiger partial charge in [-0.05, 0) is 114 Å². The molecule has 4 aliphatic rings. The molecule has 2 unspecified atom stereocenters. The SMILES string of the molecule is C=C(C)c1ccccc1.CC1=CC23CC2(C=C1)c1ccccc1C3(C)C.Cc1ccc(-c2ccc(N(c3ccccc3)c3ccc4c(c3)C(C)(C)c3ccccc3-4)cc2)cc1. The van der Waals surface area contributed by atoms with Gasteiger partial charge in [-0.15, -0.1) is 0 Å². The molecular weight excluding hydrogens is 735 g/mol. The van der Waals surface area contributed by atoms with E-state index in [-0.39, 0.29) is 10.8 Å². The smallest absolute Gasteiger partial charge is 0.0465 e. The van der Waals surface area contributed by atoms with E-state index in [0.29, 0.717) is 10.8 Å². The van der Waals surface area contributed by atoms with E-state index in [4.69, 9.17) is 0 Å². The molecule has 0 amide bonds. The fraction of sp³-hybridized carbons (Fsp3) is 0.200. The molecule has 0 saturated heterocycles. The van der Waals surface area contributed by atoms with E-state index in [2.05, 4.69) is 229 Å². The minimum Gasteiger partial charge on any atom is -0.310 e. The summed E-state index contributed by atoms with van der Waals surface area (Å²) in [5.41, 5.74) is 20.6. The first kappa shape index (κ1) is 40.0. The van der Waals surface area contributed by atoms with E-state index in [0.717, 1.165) is 16.9 Å². The minimum atomic E-state index is -0.0282. The normalized spacial score (nSPS) is 19.8. The zero-order chi connectivity index (χ0) is 42.6. The summed E-state index contributed by atoms with van der Waals surface area (Å²) in [6, 6.07) is 63.3. The van der Waals surface area contributed by atoms with Crippen molar-refractivity contribution in [2.75, 3.05) is 4.90 Å². The second-order valence-corrected chi connectivity index (χ2v) is 18.6. The van der Waals surface area contributed by atoms with Gasteiger partial charge in [-0.25, -0.2) is 0 Å². The van der Waals surface area contributed by atoms with Crippen molar-refractivity contribution in [1.82, 2.24) is 0 Å². The zero-order valence-electron chi connectivity index (χ0n) is 36.8. The van der Waals surface area contributed by atoms with Crippen LogP contribution in [0.3, 0.4) is 0 Å². The van der Waals surface area contributed by atoms with E-state index in [9.17, 15) is 0 Å². The van der Waals surface area contributed by atoms with Crippen LogP contribution in [-0.4, -0.2) is 0 Å². The monoisotopic (exact) mass is 791 g/mol. The van der Waals surface area contributed by atoms with Gasteiger partial charge in [-0.1, -0.05) is 209 Å². The minimum absolute atomic E-state index is 0.0282. The number of hydrogen-bond donors (Lipinski definition) is 0. The lowest BCUT2D eigenvalue weighted by atomic mass is 9.71. The average molecular weight is 792 g/mol. The molecule has 2 atom stereocenters. The maximum absolute atomic E-state index is 3.83. The second-order valence-electron chi connectivity index (χ2n) is 18.6. The quantitative estimate of drug-likeness (QED) is 0.168.